The molecule has 0 spiro atoms. The Kier molecular flexibility index (Phi) is 6.12. The fraction of sp³-hybridized carbons (Fsp3) is 0.333. The highest BCUT2D eigenvalue weighted by molar-refractivity contribution is 7.20. The summed E-state index contributed by atoms with van der Waals surface area (Å²) in [6, 6.07) is 8.28. The lowest BCUT2D eigenvalue weighted by Gasteiger charge is -2.15. The second kappa shape index (κ2) is 8.57. The third-order valence-corrected chi connectivity index (χ3v) is 5.63. The van der Waals surface area contributed by atoms with Gasteiger partial charge >= 0.3 is 5.97 Å². The molecule has 0 aliphatic rings. The Morgan fingerprint density at radius 1 is 1.21 bits per heavy atom. The van der Waals surface area contributed by atoms with Gasteiger partial charge in [0, 0.05) is 5.69 Å². The number of benzene rings is 1. The maximum atomic E-state index is 13.0. The van der Waals surface area contributed by atoms with Gasteiger partial charge in [-0.25, -0.2) is 9.78 Å². The van der Waals surface area contributed by atoms with Crippen molar-refractivity contribution in [3.05, 3.63) is 57.5 Å². The molecule has 1 unspecified atom stereocenters. The van der Waals surface area contributed by atoms with Crippen molar-refractivity contribution in [1.82, 2.24) is 9.55 Å². The number of thiophene rings is 1. The van der Waals surface area contributed by atoms with Crippen LogP contribution >= 0.6 is 11.3 Å². The average molecular weight is 413 g/mol. The molecule has 0 aliphatic carbocycles. The minimum absolute atomic E-state index is 0.202. The standard InChI is InChI=1S/C21H23N3O4S/c1-12(2)10-28-21(27)14(4)24-11-22-19-16(20(24)26)13(3)17(29-19)18(25)23-15-8-6-5-7-9-15/h5-9,11-12,14H,10H2,1-4H3,(H,23,25). The first kappa shape index (κ1) is 20.7. The van der Waals surface area contributed by atoms with Crippen molar-refractivity contribution in [2.75, 3.05) is 11.9 Å². The second-order valence-electron chi connectivity index (χ2n) is 7.21. The minimum Gasteiger partial charge on any atom is -0.464 e. The van der Waals surface area contributed by atoms with Gasteiger partial charge in [0.2, 0.25) is 0 Å². The largest absolute Gasteiger partial charge is 0.464 e. The zero-order valence-corrected chi connectivity index (χ0v) is 17.6. The number of nitrogens with one attached hydrogen (secondary N) is 1. The molecule has 7 nitrogen and oxygen atoms in total. The summed E-state index contributed by atoms with van der Waals surface area (Å²) < 4.78 is 6.49. The molecule has 0 bridgehead atoms. The van der Waals surface area contributed by atoms with Crippen LogP contribution in [0.15, 0.2) is 41.5 Å². The number of para-hydroxylation sites is 1. The van der Waals surface area contributed by atoms with E-state index in [1.54, 1.807) is 26.0 Å². The number of fused-ring (bicyclic) bond motifs is 1. The molecular formula is C21H23N3O4S. The van der Waals surface area contributed by atoms with E-state index in [-0.39, 0.29) is 24.0 Å². The van der Waals surface area contributed by atoms with E-state index in [1.165, 1.54) is 10.9 Å². The van der Waals surface area contributed by atoms with Crippen LogP contribution in [-0.2, 0) is 9.53 Å². The van der Waals surface area contributed by atoms with Crippen LogP contribution in [0.3, 0.4) is 0 Å². The molecule has 1 amide bonds. The van der Waals surface area contributed by atoms with Gasteiger partial charge in [0.1, 0.15) is 10.9 Å². The maximum Gasteiger partial charge on any atom is 0.329 e. The molecule has 0 fully saturated rings. The fourth-order valence-electron chi connectivity index (χ4n) is 2.82. The molecule has 0 saturated heterocycles. The van der Waals surface area contributed by atoms with Gasteiger partial charge < -0.3 is 10.1 Å². The van der Waals surface area contributed by atoms with Crippen molar-refractivity contribution in [2.24, 2.45) is 5.92 Å². The summed E-state index contributed by atoms with van der Waals surface area (Å²) in [5.74, 6) is -0.586. The Morgan fingerprint density at radius 3 is 2.55 bits per heavy atom. The smallest absolute Gasteiger partial charge is 0.329 e. The molecule has 0 radical (unpaired) electrons. The lowest BCUT2D eigenvalue weighted by atomic mass is 10.2. The SMILES string of the molecule is Cc1c(C(=O)Nc2ccccc2)sc2ncn(C(C)C(=O)OCC(C)C)c(=O)c12. The number of aryl methyl sites for hydroxylation is 1. The number of rotatable bonds is 6. The maximum absolute atomic E-state index is 13.0. The molecule has 3 rings (SSSR count). The highest BCUT2D eigenvalue weighted by Crippen LogP contribution is 2.28. The number of anilines is 1. The number of hydrogen-bond acceptors (Lipinski definition) is 6. The van der Waals surface area contributed by atoms with E-state index in [2.05, 4.69) is 10.3 Å². The van der Waals surface area contributed by atoms with Crippen LogP contribution in [0.25, 0.3) is 10.2 Å². The van der Waals surface area contributed by atoms with Crippen LogP contribution in [-0.4, -0.2) is 28.0 Å². The van der Waals surface area contributed by atoms with Crippen LogP contribution in [0.1, 0.15) is 42.0 Å². The molecule has 1 aromatic carbocycles. The second-order valence-corrected chi connectivity index (χ2v) is 8.21. The first-order valence-electron chi connectivity index (χ1n) is 9.32. The number of amides is 1. The Balaban J connectivity index is 1.92. The van der Waals surface area contributed by atoms with Crippen molar-refractivity contribution in [3.8, 4) is 0 Å². The third kappa shape index (κ3) is 4.37. The van der Waals surface area contributed by atoms with Gasteiger partial charge in [-0.3, -0.25) is 14.2 Å². The summed E-state index contributed by atoms with van der Waals surface area (Å²) in [5, 5.41) is 3.17. The molecule has 8 heteroatoms. The number of esters is 1. The first-order chi connectivity index (χ1) is 13.8. The Hall–Kier alpha value is -3.00. The van der Waals surface area contributed by atoms with Gasteiger partial charge in [-0.1, -0.05) is 32.0 Å². The highest BCUT2D eigenvalue weighted by Gasteiger charge is 2.23. The molecule has 29 heavy (non-hydrogen) atoms. The molecule has 3 aromatic rings. The van der Waals surface area contributed by atoms with E-state index in [0.29, 0.717) is 26.3 Å². The molecule has 152 valence electrons. The molecule has 0 saturated carbocycles. The van der Waals surface area contributed by atoms with Crippen LogP contribution in [0.4, 0.5) is 5.69 Å². The summed E-state index contributed by atoms with van der Waals surface area (Å²) in [6.07, 6.45) is 1.33. The van der Waals surface area contributed by atoms with Gasteiger partial charge in [0.05, 0.1) is 23.2 Å². The van der Waals surface area contributed by atoms with Gasteiger partial charge in [0.15, 0.2) is 0 Å². The first-order valence-corrected chi connectivity index (χ1v) is 10.1. The van der Waals surface area contributed by atoms with E-state index < -0.39 is 12.0 Å². The van der Waals surface area contributed by atoms with Crippen LogP contribution in [0.2, 0.25) is 0 Å². The van der Waals surface area contributed by atoms with E-state index in [4.69, 9.17) is 4.74 Å². The molecule has 1 atom stereocenters. The van der Waals surface area contributed by atoms with Gasteiger partial charge in [-0.15, -0.1) is 11.3 Å². The van der Waals surface area contributed by atoms with Crippen molar-refractivity contribution < 1.29 is 14.3 Å². The number of carbonyl (C=O) groups excluding carboxylic acids is 2. The topological polar surface area (TPSA) is 90.3 Å². The van der Waals surface area contributed by atoms with E-state index in [1.807, 2.05) is 32.0 Å². The fourth-order valence-corrected chi connectivity index (χ4v) is 3.86. The molecule has 2 heterocycles. The molecule has 1 N–H and O–H groups in total. The Morgan fingerprint density at radius 2 is 1.90 bits per heavy atom. The third-order valence-electron chi connectivity index (χ3n) is 4.43. The molecule has 2 aromatic heterocycles. The zero-order chi connectivity index (χ0) is 21.1. The Bertz CT molecular complexity index is 1100. The molecule has 0 aliphatic heterocycles. The quantitative estimate of drug-likeness (QED) is 0.621. The number of hydrogen-bond donors (Lipinski definition) is 1. The lowest BCUT2D eigenvalue weighted by Crippen LogP contribution is -2.30. The normalized spacial score (nSPS) is 12.2. The summed E-state index contributed by atoms with van der Waals surface area (Å²) in [5.41, 5.74) is 0.853. The predicted molar refractivity (Wildman–Crippen MR) is 114 cm³/mol. The number of carbonyl (C=O) groups is 2. The van der Waals surface area contributed by atoms with Gasteiger partial charge in [0.25, 0.3) is 11.5 Å². The van der Waals surface area contributed by atoms with Gasteiger partial charge in [-0.05, 0) is 37.5 Å². The van der Waals surface area contributed by atoms with E-state index >= 15 is 0 Å². The highest BCUT2D eigenvalue weighted by atomic mass is 32.1. The van der Waals surface area contributed by atoms with Crippen molar-refractivity contribution in [3.63, 3.8) is 0 Å². The average Bonchev–Trinajstić information content (AvgIpc) is 3.04. The Labute approximate surface area is 172 Å². The van der Waals surface area contributed by atoms with Crippen molar-refractivity contribution in [2.45, 2.75) is 33.7 Å². The van der Waals surface area contributed by atoms with Crippen molar-refractivity contribution in [1.29, 1.82) is 0 Å². The summed E-state index contributed by atoms with van der Waals surface area (Å²) in [7, 11) is 0. The minimum atomic E-state index is -0.806. The summed E-state index contributed by atoms with van der Waals surface area (Å²) in [6.45, 7) is 7.48. The van der Waals surface area contributed by atoms with E-state index in [0.717, 1.165) is 11.3 Å². The van der Waals surface area contributed by atoms with Crippen LogP contribution in [0, 0.1) is 12.8 Å². The number of nitrogens with zero attached hydrogens (tertiary/aromatic N) is 2. The molecular weight excluding hydrogens is 390 g/mol. The number of ether oxygens (including phenoxy) is 1. The number of aromatic nitrogens is 2. The zero-order valence-electron chi connectivity index (χ0n) is 16.8. The van der Waals surface area contributed by atoms with Crippen LogP contribution < -0.4 is 10.9 Å². The van der Waals surface area contributed by atoms with Crippen LogP contribution in [0.5, 0.6) is 0 Å². The lowest BCUT2D eigenvalue weighted by molar-refractivity contribution is -0.148. The van der Waals surface area contributed by atoms with Gasteiger partial charge in [-0.2, -0.15) is 0 Å². The summed E-state index contributed by atoms with van der Waals surface area (Å²) >= 11 is 1.16. The summed E-state index contributed by atoms with van der Waals surface area (Å²) in [4.78, 5) is 43.2. The van der Waals surface area contributed by atoms with Crippen molar-refractivity contribution >= 4 is 39.1 Å². The van der Waals surface area contributed by atoms with E-state index in [9.17, 15) is 14.4 Å². The predicted octanol–water partition coefficient (Wildman–Crippen LogP) is 3.78. The monoisotopic (exact) mass is 413 g/mol.